The van der Waals surface area contributed by atoms with Gasteiger partial charge in [0.05, 0.1) is 31.5 Å². The number of hydrogen-bond acceptors (Lipinski definition) is 5. The second-order valence-corrected chi connectivity index (χ2v) is 7.24. The van der Waals surface area contributed by atoms with Crippen LogP contribution in [0.5, 0.6) is 5.75 Å². The summed E-state index contributed by atoms with van der Waals surface area (Å²) in [6.07, 6.45) is 3.28. The Labute approximate surface area is 144 Å². The summed E-state index contributed by atoms with van der Waals surface area (Å²) < 4.78 is 16.5. The quantitative estimate of drug-likeness (QED) is 0.894. The Kier molecular flexibility index (Phi) is 5.45. The van der Waals surface area contributed by atoms with Crippen LogP contribution in [0.25, 0.3) is 0 Å². The van der Waals surface area contributed by atoms with Gasteiger partial charge in [0.2, 0.25) is 0 Å². The molecule has 134 valence electrons. The molecule has 24 heavy (non-hydrogen) atoms. The van der Waals surface area contributed by atoms with Gasteiger partial charge >= 0.3 is 0 Å². The fourth-order valence-electron chi connectivity index (χ4n) is 4.02. The molecule has 0 bridgehead atoms. The molecule has 1 atom stereocenters. The third-order valence-electron chi connectivity index (χ3n) is 5.37. The van der Waals surface area contributed by atoms with Crippen molar-refractivity contribution < 1.29 is 19.3 Å². The maximum absolute atomic E-state index is 10.7. The second-order valence-electron chi connectivity index (χ2n) is 7.24. The molecule has 2 saturated heterocycles. The average Bonchev–Trinajstić information content (AvgIpc) is 2.58. The van der Waals surface area contributed by atoms with E-state index < -0.39 is 5.60 Å². The summed E-state index contributed by atoms with van der Waals surface area (Å²) in [6, 6.07) is 8.26. The van der Waals surface area contributed by atoms with E-state index in [4.69, 9.17) is 14.2 Å². The average molecular weight is 335 g/mol. The molecule has 2 heterocycles. The van der Waals surface area contributed by atoms with Gasteiger partial charge in [-0.15, -0.1) is 0 Å². The van der Waals surface area contributed by atoms with Crippen molar-refractivity contribution in [3.63, 3.8) is 0 Å². The number of benzene rings is 1. The van der Waals surface area contributed by atoms with Gasteiger partial charge in [0.1, 0.15) is 5.75 Å². The lowest BCUT2D eigenvalue weighted by Gasteiger charge is -2.49. The van der Waals surface area contributed by atoms with Crippen LogP contribution in [0.4, 0.5) is 0 Å². The minimum Gasteiger partial charge on any atom is -0.497 e. The number of hydrogen-bond donors (Lipinski definition) is 1. The third-order valence-corrected chi connectivity index (χ3v) is 5.37. The molecule has 0 radical (unpaired) electrons. The minimum atomic E-state index is -0.731. The lowest BCUT2D eigenvalue weighted by Crippen LogP contribution is -2.55. The lowest BCUT2D eigenvalue weighted by atomic mass is 9.77. The first-order chi connectivity index (χ1) is 11.6. The van der Waals surface area contributed by atoms with Crippen LogP contribution in [0.1, 0.15) is 31.2 Å². The standard InChI is InChI=1S/C19H29NO4/c1-22-15-18(21)9-12-24-19(14-18)7-10-20(11-8-19)13-16-3-5-17(23-2)6-4-16/h3-6,21H,7-15H2,1-2H3. The van der Waals surface area contributed by atoms with E-state index in [9.17, 15) is 5.11 Å². The van der Waals surface area contributed by atoms with Gasteiger partial charge in [-0.3, -0.25) is 4.90 Å². The molecule has 0 saturated carbocycles. The highest BCUT2D eigenvalue weighted by molar-refractivity contribution is 5.27. The maximum Gasteiger partial charge on any atom is 0.118 e. The minimum absolute atomic E-state index is 0.179. The number of aliphatic hydroxyl groups is 1. The van der Waals surface area contributed by atoms with Gasteiger partial charge in [-0.2, -0.15) is 0 Å². The fraction of sp³-hybridized carbons (Fsp3) is 0.684. The molecule has 0 amide bonds. The van der Waals surface area contributed by atoms with Gasteiger partial charge in [-0.1, -0.05) is 12.1 Å². The molecule has 0 aromatic heterocycles. The zero-order valence-electron chi connectivity index (χ0n) is 14.8. The summed E-state index contributed by atoms with van der Waals surface area (Å²) in [5, 5.41) is 10.7. The number of methoxy groups -OCH3 is 2. The first kappa shape index (κ1) is 17.7. The van der Waals surface area contributed by atoms with E-state index in [0.717, 1.165) is 38.2 Å². The number of ether oxygens (including phenoxy) is 3. The van der Waals surface area contributed by atoms with E-state index in [-0.39, 0.29) is 5.60 Å². The summed E-state index contributed by atoms with van der Waals surface area (Å²) >= 11 is 0. The summed E-state index contributed by atoms with van der Waals surface area (Å²) in [5.41, 5.74) is 0.389. The molecule has 5 heteroatoms. The molecular weight excluding hydrogens is 306 g/mol. The molecule has 1 aromatic carbocycles. The third kappa shape index (κ3) is 4.09. The predicted octanol–water partition coefficient (Wildman–Crippen LogP) is 2.22. The van der Waals surface area contributed by atoms with Crippen molar-refractivity contribution >= 4 is 0 Å². The zero-order valence-corrected chi connectivity index (χ0v) is 14.8. The molecule has 1 unspecified atom stereocenters. The first-order valence-electron chi connectivity index (χ1n) is 8.77. The van der Waals surface area contributed by atoms with Crippen molar-refractivity contribution in [1.29, 1.82) is 0 Å². The molecule has 2 aliphatic heterocycles. The Morgan fingerprint density at radius 1 is 1.12 bits per heavy atom. The lowest BCUT2D eigenvalue weighted by molar-refractivity contribution is -0.191. The summed E-state index contributed by atoms with van der Waals surface area (Å²) in [6.45, 7) is 3.96. The number of likely N-dealkylation sites (tertiary alicyclic amines) is 1. The Bertz CT molecular complexity index is 521. The van der Waals surface area contributed by atoms with Crippen molar-refractivity contribution in [2.24, 2.45) is 0 Å². The molecule has 2 fully saturated rings. The summed E-state index contributed by atoms with van der Waals surface area (Å²) in [4.78, 5) is 2.46. The molecule has 5 nitrogen and oxygen atoms in total. The summed E-state index contributed by atoms with van der Waals surface area (Å²) in [7, 11) is 3.34. The van der Waals surface area contributed by atoms with E-state index in [1.165, 1.54) is 5.56 Å². The van der Waals surface area contributed by atoms with Crippen LogP contribution in [0.3, 0.4) is 0 Å². The van der Waals surface area contributed by atoms with Gasteiger partial charge in [-0.25, -0.2) is 0 Å². The highest BCUT2D eigenvalue weighted by atomic mass is 16.5. The smallest absolute Gasteiger partial charge is 0.118 e. The largest absolute Gasteiger partial charge is 0.497 e. The molecule has 1 spiro atoms. The Balaban J connectivity index is 1.54. The van der Waals surface area contributed by atoms with Crippen LogP contribution in [-0.2, 0) is 16.0 Å². The number of nitrogens with zero attached hydrogens (tertiary/aromatic N) is 1. The van der Waals surface area contributed by atoms with E-state index in [0.29, 0.717) is 26.1 Å². The van der Waals surface area contributed by atoms with E-state index in [1.807, 2.05) is 12.1 Å². The van der Waals surface area contributed by atoms with Crippen molar-refractivity contribution in [3.05, 3.63) is 29.8 Å². The highest BCUT2D eigenvalue weighted by Crippen LogP contribution is 2.40. The normalized spacial score (nSPS) is 27.3. The zero-order chi connectivity index (χ0) is 17.0. The molecule has 2 aliphatic rings. The van der Waals surface area contributed by atoms with Gasteiger partial charge in [0.15, 0.2) is 0 Å². The van der Waals surface area contributed by atoms with Crippen LogP contribution >= 0.6 is 0 Å². The van der Waals surface area contributed by atoms with Crippen LogP contribution in [0.15, 0.2) is 24.3 Å². The molecule has 1 N–H and O–H groups in total. The molecular formula is C19H29NO4. The predicted molar refractivity (Wildman–Crippen MR) is 92.2 cm³/mol. The fourth-order valence-corrected chi connectivity index (χ4v) is 4.02. The molecule has 3 rings (SSSR count). The van der Waals surface area contributed by atoms with Gasteiger partial charge in [-0.05, 0) is 30.5 Å². The van der Waals surface area contributed by atoms with Crippen LogP contribution in [0, 0.1) is 0 Å². The van der Waals surface area contributed by atoms with Gasteiger partial charge in [0, 0.05) is 39.6 Å². The van der Waals surface area contributed by atoms with Crippen molar-refractivity contribution in [3.8, 4) is 5.75 Å². The Morgan fingerprint density at radius 3 is 2.46 bits per heavy atom. The summed E-state index contributed by atoms with van der Waals surface area (Å²) in [5.74, 6) is 0.893. The Hall–Kier alpha value is -1.14. The topological polar surface area (TPSA) is 51.2 Å². The number of piperidine rings is 1. The Morgan fingerprint density at radius 2 is 1.83 bits per heavy atom. The van der Waals surface area contributed by atoms with Gasteiger partial charge < -0.3 is 19.3 Å². The first-order valence-corrected chi connectivity index (χ1v) is 8.77. The van der Waals surface area contributed by atoms with E-state index in [1.54, 1.807) is 14.2 Å². The van der Waals surface area contributed by atoms with Crippen LogP contribution < -0.4 is 4.74 Å². The van der Waals surface area contributed by atoms with Gasteiger partial charge in [0.25, 0.3) is 0 Å². The van der Waals surface area contributed by atoms with E-state index >= 15 is 0 Å². The van der Waals surface area contributed by atoms with Crippen molar-refractivity contribution in [2.45, 2.75) is 43.4 Å². The van der Waals surface area contributed by atoms with E-state index in [2.05, 4.69) is 17.0 Å². The van der Waals surface area contributed by atoms with Crippen molar-refractivity contribution in [1.82, 2.24) is 4.90 Å². The molecule has 1 aromatic rings. The van der Waals surface area contributed by atoms with Crippen molar-refractivity contribution in [2.75, 3.05) is 40.5 Å². The van der Waals surface area contributed by atoms with Crippen LogP contribution in [0.2, 0.25) is 0 Å². The number of rotatable bonds is 5. The highest BCUT2D eigenvalue weighted by Gasteiger charge is 2.46. The molecule has 0 aliphatic carbocycles. The second kappa shape index (κ2) is 7.40. The monoisotopic (exact) mass is 335 g/mol. The van der Waals surface area contributed by atoms with Crippen LogP contribution in [-0.4, -0.2) is 61.7 Å². The SMILES string of the molecule is COCC1(O)CCOC2(CCN(Cc3ccc(OC)cc3)CC2)C1. The maximum atomic E-state index is 10.7.